The smallest absolute Gasteiger partial charge is 0.303 e. The van der Waals surface area contributed by atoms with Gasteiger partial charge in [-0.2, -0.15) is 0 Å². The number of rotatable bonds is 7. The van der Waals surface area contributed by atoms with E-state index >= 15 is 0 Å². The van der Waals surface area contributed by atoms with Crippen LogP contribution in [0.25, 0.3) is 22.3 Å². The molecule has 5 N–H and O–H groups in total. The van der Waals surface area contributed by atoms with Gasteiger partial charge in [-0.15, -0.1) is 0 Å². The van der Waals surface area contributed by atoms with Gasteiger partial charge in [0.15, 0.2) is 11.9 Å². The first kappa shape index (κ1) is 33.1. The van der Waals surface area contributed by atoms with Crippen LogP contribution in [0.4, 0.5) is 0 Å². The second-order valence-electron chi connectivity index (χ2n) is 11.0. The van der Waals surface area contributed by atoms with Crippen LogP contribution in [-0.2, 0) is 28.5 Å². The summed E-state index contributed by atoms with van der Waals surface area (Å²) in [6.45, 7) is 5.12. The molecule has 0 saturated carbocycles. The molecule has 2 fully saturated rings. The highest BCUT2D eigenvalue weighted by molar-refractivity contribution is 5.88. The zero-order chi connectivity index (χ0) is 33.4. The fourth-order valence-electron chi connectivity index (χ4n) is 5.30. The van der Waals surface area contributed by atoms with Crippen LogP contribution >= 0.6 is 0 Å². The lowest BCUT2D eigenvalue weighted by Crippen LogP contribution is -2.61. The van der Waals surface area contributed by atoms with Crippen LogP contribution < -0.4 is 14.9 Å². The lowest BCUT2D eigenvalue weighted by atomic mass is 9.99. The zero-order valence-electron chi connectivity index (χ0n) is 25.1. The minimum absolute atomic E-state index is 0.113. The largest absolute Gasteiger partial charge is 0.507 e. The van der Waals surface area contributed by atoms with Gasteiger partial charge in [0, 0.05) is 31.5 Å². The van der Waals surface area contributed by atoms with Gasteiger partial charge in [-0.25, -0.2) is 0 Å². The number of esters is 2. The molecule has 15 heteroatoms. The molecule has 2 aliphatic heterocycles. The van der Waals surface area contributed by atoms with E-state index in [9.17, 15) is 39.9 Å². The lowest BCUT2D eigenvalue weighted by molar-refractivity contribution is -0.277. The molecule has 0 radical (unpaired) electrons. The highest BCUT2D eigenvalue weighted by Gasteiger charge is 2.50. The second-order valence-corrected chi connectivity index (χ2v) is 11.0. The van der Waals surface area contributed by atoms with E-state index in [1.54, 1.807) is 30.3 Å². The second kappa shape index (κ2) is 13.2. The topological polar surface area (TPSA) is 221 Å². The minimum Gasteiger partial charge on any atom is -0.507 e. The van der Waals surface area contributed by atoms with Gasteiger partial charge in [0.05, 0.1) is 12.2 Å². The van der Waals surface area contributed by atoms with E-state index in [0.29, 0.717) is 5.56 Å². The van der Waals surface area contributed by atoms with Crippen LogP contribution in [0.3, 0.4) is 0 Å². The molecule has 0 amide bonds. The number of carbonyl (C=O) groups excluding carboxylic acids is 2. The van der Waals surface area contributed by atoms with Crippen molar-refractivity contribution in [3.05, 3.63) is 52.7 Å². The molecule has 3 heterocycles. The summed E-state index contributed by atoms with van der Waals surface area (Å²) in [7, 11) is 0. The Hall–Kier alpha value is -4.25. The number of aliphatic hydroxyl groups is 4. The van der Waals surface area contributed by atoms with E-state index in [2.05, 4.69) is 0 Å². The molecule has 2 aromatic carbocycles. The standard InChI is InChI=1S/C31H34O15/c1-12-21(35)24(38)25(39)30(40-12)44-17-10-18(34)20-19(11-17)45-26(16-8-6-5-7-9-16)28(23(20)37)46-31-29(43-15(4)33)27(42-14(3)32)22(36)13(2)41-31/h5-13,21-22,24-25,27,29-31,34-36,38-39H,1-4H3/t12-,13-,21-,22-,24+,25+,27+,29+,30-,31-/m0/s1. The van der Waals surface area contributed by atoms with Crippen molar-refractivity contribution in [2.24, 2.45) is 0 Å². The summed E-state index contributed by atoms with van der Waals surface area (Å²) in [6, 6.07) is 10.6. The number of fused-ring (bicyclic) bond motifs is 1. The van der Waals surface area contributed by atoms with Crippen LogP contribution in [0.1, 0.15) is 27.7 Å². The van der Waals surface area contributed by atoms with E-state index in [-0.39, 0.29) is 22.5 Å². The molecule has 10 atom stereocenters. The highest BCUT2D eigenvalue weighted by atomic mass is 16.7. The molecule has 3 aromatic rings. The Bertz CT molecular complexity index is 1640. The number of ether oxygens (including phenoxy) is 6. The van der Waals surface area contributed by atoms with Crippen molar-refractivity contribution < 1.29 is 68.0 Å². The van der Waals surface area contributed by atoms with Crippen molar-refractivity contribution in [3.63, 3.8) is 0 Å². The van der Waals surface area contributed by atoms with Gasteiger partial charge < -0.3 is 58.4 Å². The maximum absolute atomic E-state index is 14.0. The third kappa shape index (κ3) is 6.51. The van der Waals surface area contributed by atoms with Gasteiger partial charge >= 0.3 is 11.9 Å². The maximum Gasteiger partial charge on any atom is 0.303 e. The highest BCUT2D eigenvalue weighted by Crippen LogP contribution is 2.38. The molecule has 0 unspecified atom stereocenters. The first-order valence-corrected chi connectivity index (χ1v) is 14.4. The van der Waals surface area contributed by atoms with Crippen molar-refractivity contribution in [2.45, 2.75) is 89.1 Å². The van der Waals surface area contributed by atoms with E-state index in [1.807, 2.05) is 0 Å². The molecule has 5 rings (SSSR count). The van der Waals surface area contributed by atoms with Crippen LogP contribution in [0.2, 0.25) is 0 Å². The average molecular weight is 647 g/mol. The van der Waals surface area contributed by atoms with Crippen molar-refractivity contribution >= 4 is 22.9 Å². The number of aliphatic hydroxyl groups excluding tert-OH is 4. The Morgan fingerprint density at radius 1 is 0.761 bits per heavy atom. The number of phenolic OH excluding ortho intramolecular Hbond substituents is 1. The number of hydrogen-bond acceptors (Lipinski definition) is 15. The maximum atomic E-state index is 14.0. The molecule has 2 saturated heterocycles. The lowest BCUT2D eigenvalue weighted by Gasteiger charge is -2.41. The Balaban J connectivity index is 1.59. The first-order chi connectivity index (χ1) is 21.8. The zero-order valence-corrected chi connectivity index (χ0v) is 25.1. The van der Waals surface area contributed by atoms with Crippen molar-refractivity contribution in [2.75, 3.05) is 0 Å². The van der Waals surface area contributed by atoms with E-state index in [4.69, 9.17) is 32.8 Å². The van der Waals surface area contributed by atoms with E-state index < -0.39 is 90.3 Å². The molecule has 0 bridgehead atoms. The monoisotopic (exact) mass is 646 g/mol. The van der Waals surface area contributed by atoms with Crippen molar-refractivity contribution in [1.82, 2.24) is 0 Å². The summed E-state index contributed by atoms with van der Waals surface area (Å²) in [4.78, 5) is 37.9. The van der Waals surface area contributed by atoms with Gasteiger partial charge in [-0.05, 0) is 13.8 Å². The molecule has 2 aliphatic rings. The van der Waals surface area contributed by atoms with Crippen molar-refractivity contribution in [3.8, 4) is 28.6 Å². The third-order valence-corrected chi connectivity index (χ3v) is 7.60. The summed E-state index contributed by atoms with van der Waals surface area (Å²) in [6.07, 6.45) is -13.9. The summed E-state index contributed by atoms with van der Waals surface area (Å²) in [5.74, 6) is -2.93. The number of carbonyl (C=O) groups is 2. The quantitative estimate of drug-likeness (QED) is 0.223. The van der Waals surface area contributed by atoms with Crippen LogP contribution in [0, 0.1) is 0 Å². The van der Waals surface area contributed by atoms with Gasteiger partial charge in [0.2, 0.25) is 29.9 Å². The number of phenols is 1. The fraction of sp³-hybridized carbons (Fsp3) is 0.452. The number of aromatic hydroxyl groups is 1. The number of benzene rings is 2. The third-order valence-electron chi connectivity index (χ3n) is 7.60. The van der Waals surface area contributed by atoms with Gasteiger partial charge in [-0.3, -0.25) is 14.4 Å². The predicted molar refractivity (Wildman–Crippen MR) is 155 cm³/mol. The fourth-order valence-corrected chi connectivity index (χ4v) is 5.30. The van der Waals surface area contributed by atoms with Crippen LogP contribution in [0.15, 0.2) is 51.7 Å². The van der Waals surface area contributed by atoms with Gasteiger partial charge in [-0.1, -0.05) is 30.3 Å². The Morgan fingerprint density at radius 2 is 1.37 bits per heavy atom. The Kier molecular flexibility index (Phi) is 9.53. The summed E-state index contributed by atoms with van der Waals surface area (Å²) >= 11 is 0. The summed E-state index contributed by atoms with van der Waals surface area (Å²) in [5, 5.41) is 51.8. The van der Waals surface area contributed by atoms with Crippen LogP contribution in [0.5, 0.6) is 17.2 Å². The van der Waals surface area contributed by atoms with Crippen LogP contribution in [-0.4, -0.2) is 98.9 Å². The van der Waals surface area contributed by atoms with Gasteiger partial charge in [0.25, 0.3) is 0 Å². The first-order valence-electron chi connectivity index (χ1n) is 14.4. The molecule has 15 nitrogen and oxygen atoms in total. The molecule has 0 spiro atoms. The Labute approximate surface area is 261 Å². The molecular formula is C31H34O15. The predicted octanol–water partition coefficient (Wildman–Crippen LogP) is 0.720. The van der Waals surface area contributed by atoms with E-state index in [1.165, 1.54) is 19.9 Å². The normalized spacial score (nSPS) is 31.2. The SMILES string of the molecule is CC(=O)O[C@@H]1[C@@H](O)[C@H](C)O[C@@H](Oc2c(-c3ccccc3)oc3cc(O[C@@H]4O[C@@H](C)[C@H](O)[C@@H](O)[C@H]4O)cc(O)c3c2=O)[C@@H]1OC(C)=O. The molecular weight excluding hydrogens is 612 g/mol. The van der Waals surface area contributed by atoms with E-state index in [0.717, 1.165) is 19.9 Å². The molecule has 248 valence electrons. The summed E-state index contributed by atoms with van der Waals surface area (Å²) in [5.41, 5.74) is -0.699. The van der Waals surface area contributed by atoms with Gasteiger partial charge in [0.1, 0.15) is 46.9 Å². The summed E-state index contributed by atoms with van der Waals surface area (Å²) < 4.78 is 39.6. The number of hydrogen-bond donors (Lipinski definition) is 5. The molecule has 46 heavy (non-hydrogen) atoms. The minimum atomic E-state index is -1.65. The molecule has 0 aliphatic carbocycles. The average Bonchev–Trinajstić information content (AvgIpc) is 3.00. The van der Waals surface area contributed by atoms with Crippen molar-refractivity contribution in [1.29, 1.82) is 0 Å². The Morgan fingerprint density at radius 3 is 2.02 bits per heavy atom. The molecule has 1 aromatic heterocycles.